The molecule has 1 aromatic heterocycles. The van der Waals surface area contributed by atoms with Crippen molar-refractivity contribution >= 4 is 12.0 Å². The maximum atomic E-state index is 14.0. The van der Waals surface area contributed by atoms with Gasteiger partial charge in [-0.05, 0) is 23.3 Å². The minimum Gasteiger partial charge on any atom is -0.464 e. The molecule has 1 atom stereocenters. The minimum absolute atomic E-state index is 0.264. The zero-order valence-electron chi connectivity index (χ0n) is 14.2. The van der Waals surface area contributed by atoms with E-state index in [2.05, 4.69) is 10.2 Å². The Bertz CT molecular complexity index is 994. The molecule has 0 fully saturated rings. The molecule has 1 N–H and O–H groups in total. The molecule has 4 rings (SSSR count). The molecule has 0 saturated carbocycles. The summed E-state index contributed by atoms with van der Waals surface area (Å²) < 4.78 is 18.7. The molecule has 0 amide bonds. The standard InChI is InChI=1S/C21H17FN2O2/c1-26-20(25)19-17-10-11-21(13-18(17)23-24-19,14-6-3-2-4-7-14)15-8-5-9-16(22)12-15/h2-12H,13H2,1H3,(H,23,24). The van der Waals surface area contributed by atoms with E-state index in [9.17, 15) is 9.18 Å². The first kappa shape index (κ1) is 16.3. The average molecular weight is 348 g/mol. The molecule has 1 aliphatic carbocycles. The van der Waals surface area contributed by atoms with Crippen molar-refractivity contribution in [2.45, 2.75) is 11.8 Å². The van der Waals surface area contributed by atoms with Crippen LogP contribution in [0.25, 0.3) is 6.08 Å². The number of nitrogens with zero attached hydrogens (tertiary/aromatic N) is 1. The van der Waals surface area contributed by atoms with Crippen molar-refractivity contribution in [2.75, 3.05) is 7.11 Å². The van der Waals surface area contributed by atoms with E-state index in [0.29, 0.717) is 6.42 Å². The van der Waals surface area contributed by atoms with E-state index >= 15 is 0 Å². The Kier molecular flexibility index (Phi) is 3.92. The van der Waals surface area contributed by atoms with Gasteiger partial charge in [0.25, 0.3) is 0 Å². The normalized spacial score (nSPS) is 18.4. The molecule has 0 bridgehead atoms. The fourth-order valence-electron chi connectivity index (χ4n) is 3.58. The fraction of sp³-hybridized carbons (Fsp3) is 0.143. The lowest BCUT2D eigenvalue weighted by molar-refractivity contribution is 0.0593. The number of aromatic amines is 1. The number of fused-ring (bicyclic) bond motifs is 1. The smallest absolute Gasteiger partial charge is 0.359 e. The van der Waals surface area contributed by atoms with Crippen LogP contribution in [0.5, 0.6) is 0 Å². The summed E-state index contributed by atoms with van der Waals surface area (Å²) in [5.74, 6) is -0.762. The predicted molar refractivity (Wildman–Crippen MR) is 96.3 cm³/mol. The first-order valence-electron chi connectivity index (χ1n) is 8.30. The third-order valence-corrected chi connectivity index (χ3v) is 4.88. The molecular weight excluding hydrogens is 331 g/mol. The summed E-state index contributed by atoms with van der Waals surface area (Å²) in [6.45, 7) is 0. The van der Waals surface area contributed by atoms with Crippen molar-refractivity contribution in [3.63, 3.8) is 0 Å². The number of benzene rings is 2. The zero-order chi connectivity index (χ0) is 18.1. The third-order valence-electron chi connectivity index (χ3n) is 4.88. The van der Waals surface area contributed by atoms with Crippen molar-refractivity contribution in [3.8, 4) is 0 Å². The van der Waals surface area contributed by atoms with Gasteiger partial charge in [0.1, 0.15) is 5.82 Å². The Morgan fingerprint density at radius 1 is 1.15 bits per heavy atom. The van der Waals surface area contributed by atoms with E-state index in [4.69, 9.17) is 4.74 Å². The number of hydrogen-bond acceptors (Lipinski definition) is 3. The summed E-state index contributed by atoms with van der Waals surface area (Å²) in [5, 5.41) is 7.07. The number of hydrogen-bond donors (Lipinski definition) is 1. The Morgan fingerprint density at radius 2 is 1.92 bits per heavy atom. The molecule has 1 unspecified atom stereocenters. The predicted octanol–water partition coefficient (Wildman–Crippen LogP) is 3.89. The molecular formula is C21H17FN2O2. The Morgan fingerprint density at radius 3 is 2.65 bits per heavy atom. The molecule has 0 saturated heterocycles. The number of nitrogens with one attached hydrogen (secondary N) is 1. The maximum absolute atomic E-state index is 14.0. The molecule has 0 spiro atoms. The fourth-order valence-corrected chi connectivity index (χ4v) is 3.58. The Hall–Kier alpha value is -3.21. The van der Waals surface area contributed by atoms with Crippen LogP contribution in [0, 0.1) is 5.82 Å². The topological polar surface area (TPSA) is 55.0 Å². The number of H-pyrrole nitrogens is 1. The second-order valence-electron chi connectivity index (χ2n) is 6.31. The van der Waals surface area contributed by atoms with Gasteiger partial charge in [0.15, 0.2) is 5.69 Å². The number of carbonyl (C=O) groups excluding carboxylic acids is 1. The van der Waals surface area contributed by atoms with Crippen LogP contribution < -0.4 is 0 Å². The van der Waals surface area contributed by atoms with Gasteiger partial charge in [-0.2, -0.15) is 5.10 Å². The van der Waals surface area contributed by atoms with Gasteiger partial charge in [-0.25, -0.2) is 9.18 Å². The molecule has 26 heavy (non-hydrogen) atoms. The zero-order valence-corrected chi connectivity index (χ0v) is 14.2. The Labute approximate surface area is 150 Å². The summed E-state index contributed by atoms with van der Waals surface area (Å²) in [6.07, 6.45) is 4.42. The molecule has 5 heteroatoms. The number of halogens is 1. The van der Waals surface area contributed by atoms with Gasteiger partial charge in [-0.15, -0.1) is 0 Å². The average Bonchev–Trinajstić information content (AvgIpc) is 3.11. The van der Waals surface area contributed by atoms with Gasteiger partial charge in [-0.3, -0.25) is 5.10 Å². The summed E-state index contributed by atoms with van der Waals surface area (Å²) in [6, 6.07) is 16.6. The van der Waals surface area contributed by atoms with Gasteiger partial charge >= 0.3 is 5.97 Å². The monoisotopic (exact) mass is 348 g/mol. The molecule has 1 heterocycles. The van der Waals surface area contributed by atoms with E-state index in [1.807, 2.05) is 48.6 Å². The van der Waals surface area contributed by atoms with Crippen LogP contribution in [0.3, 0.4) is 0 Å². The highest BCUT2D eigenvalue weighted by Gasteiger charge is 2.37. The first-order chi connectivity index (χ1) is 12.6. The number of ether oxygens (including phenoxy) is 1. The summed E-state index contributed by atoms with van der Waals surface area (Å²) in [7, 11) is 1.33. The van der Waals surface area contributed by atoms with Crippen LogP contribution in [0.15, 0.2) is 60.7 Å². The number of aromatic nitrogens is 2. The molecule has 1 aliphatic rings. The third kappa shape index (κ3) is 2.52. The quantitative estimate of drug-likeness (QED) is 0.731. The first-order valence-corrected chi connectivity index (χ1v) is 8.30. The summed E-state index contributed by atoms with van der Waals surface area (Å²) in [4.78, 5) is 11.9. The highest BCUT2D eigenvalue weighted by Crippen LogP contribution is 2.41. The lowest BCUT2D eigenvalue weighted by Gasteiger charge is -2.34. The van der Waals surface area contributed by atoms with Crippen molar-refractivity contribution < 1.29 is 13.9 Å². The molecule has 0 aliphatic heterocycles. The number of esters is 1. The number of rotatable bonds is 3. The van der Waals surface area contributed by atoms with Crippen molar-refractivity contribution in [1.29, 1.82) is 0 Å². The lowest BCUT2D eigenvalue weighted by Crippen LogP contribution is -2.30. The second kappa shape index (κ2) is 6.26. The van der Waals surface area contributed by atoms with Crippen LogP contribution in [-0.2, 0) is 16.6 Å². The van der Waals surface area contributed by atoms with E-state index in [-0.39, 0.29) is 11.5 Å². The van der Waals surface area contributed by atoms with Crippen LogP contribution >= 0.6 is 0 Å². The maximum Gasteiger partial charge on any atom is 0.359 e. The van der Waals surface area contributed by atoms with Crippen molar-refractivity contribution in [2.24, 2.45) is 0 Å². The van der Waals surface area contributed by atoms with Crippen LogP contribution in [0.1, 0.15) is 32.9 Å². The number of allylic oxidation sites excluding steroid dienone is 1. The number of carbonyl (C=O) groups is 1. The SMILES string of the molecule is COC(=O)c1n[nH]c2c1C=CC(c1ccccc1)(c1cccc(F)c1)C2. The largest absolute Gasteiger partial charge is 0.464 e. The van der Waals surface area contributed by atoms with E-state index in [1.54, 1.807) is 12.1 Å². The molecule has 4 nitrogen and oxygen atoms in total. The minimum atomic E-state index is -0.545. The van der Waals surface area contributed by atoms with Crippen LogP contribution in [-0.4, -0.2) is 23.3 Å². The van der Waals surface area contributed by atoms with Crippen LogP contribution in [0.2, 0.25) is 0 Å². The van der Waals surface area contributed by atoms with Gasteiger partial charge in [-0.1, -0.05) is 54.6 Å². The highest BCUT2D eigenvalue weighted by atomic mass is 19.1. The van der Waals surface area contributed by atoms with E-state index < -0.39 is 11.4 Å². The van der Waals surface area contributed by atoms with E-state index in [0.717, 1.165) is 22.4 Å². The van der Waals surface area contributed by atoms with Gasteiger partial charge < -0.3 is 4.74 Å². The molecule has 3 aromatic rings. The second-order valence-corrected chi connectivity index (χ2v) is 6.31. The van der Waals surface area contributed by atoms with Crippen LogP contribution in [0.4, 0.5) is 4.39 Å². The van der Waals surface area contributed by atoms with Crippen molar-refractivity contribution in [1.82, 2.24) is 10.2 Å². The lowest BCUT2D eigenvalue weighted by atomic mass is 9.68. The van der Waals surface area contributed by atoms with Gasteiger partial charge in [0, 0.05) is 23.1 Å². The molecule has 0 radical (unpaired) electrons. The summed E-state index contributed by atoms with van der Waals surface area (Å²) in [5.41, 5.74) is 3.15. The van der Waals surface area contributed by atoms with E-state index in [1.165, 1.54) is 13.2 Å². The molecule has 130 valence electrons. The highest BCUT2D eigenvalue weighted by molar-refractivity contribution is 5.92. The van der Waals surface area contributed by atoms with Crippen molar-refractivity contribution in [3.05, 3.63) is 94.6 Å². The molecule has 2 aromatic carbocycles. The van der Waals surface area contributed by atoms with Gasteiger partial charge in [0.05, 0.1) is 7.11 Å². The number of methoxy groups -OCH3 is 1. The van der Waals surface area contributed by atoms with Gasteiger partial charge in [0.2, 0.25) is 0 Å². The summed E-state index contributed by atoms with van der Waals surface area (Å²) >= 11 is 0. The Balaban J connectivity index is 1.89.